The molecular formula is C17H22N2. The Morgan fingerprint density at radius 3 is 2.47 bits per heavy atom. The second-order valence-electron chi connectivity index (χ2n) is 5.22. The van der Waals surface area contributed by atoms with Gasteiger partial charge in [0.1, 0.15) is 0 Å². The summed E-state index contributed by atoms with van der Waals surface area (Å²) in [6.07, 6.45) is 2.85. The Bertz CT molecular complexity index is 561. The topological polar surface area (TPSA) is 24.9 Å². The summed E-state index contributed by atoms with van der Waals surface area (Å²) in [4.78, 5) is 4.48. The van der Waals surface area contributed by atoms with Crippen LogP contribution in [0.4, 0.5) is 0 Å². The Kier molecular flexibility index (Phi) is 4.33. The number of rotatable bonds is 4. The largest absolute Gasteiger partial charge is 0.311 e. The molecule has 1 unspecified atom stereocenters. The van der Waals surface area contributed by atoms with Gasteiger partial charge in [-0.15, -0.1) is 0 Å². The molecule has 0 bridgehead atoms. The Morgan fingerprint density at radius 1 is 1.05 bits per heavy atom. The van der Waals surface area contributed by atoms with Gasteiger partial charge in [-0.05, 0) is 68.6 Å². The van der Waals surface area contributed by atoms with E-state index in [4.69, 9.17) is 0 Å². The molecule has 19 heavy (non-hydrogen) atoms. The molecule has 2 heteroatoms. The summed E-state index contributed by atoms with van der Waals surface area (Å²) in [6, 6.07) is 11.1. The van der Waals surface area contributed by atoms with E-state index in [2.05, 4.69) is 55.3 Å². The molecule has 0 aliphatic carbocycles. The molecule has 2 rings (SSSR count). The normalized spacial score (nSPS) is 12.4. The molecule has 0 spiro atoms. The zero-order valence-corrected chi connectivity index (χ0v) is 12.2. The third-order valence-corrected chi connectivity index (χ3v) is 3.65. The van der Waals surface area contributed by atoms with Crippen LogP contribution in [0.2, 0.25) is 0 Å². The molecule has 0 fully saturated rings. The van der Waals surface area contributed by atoms with Crippen molar-refractivity contribution in [2.24, 2.45) is 0 Å². The lowest BCUT2D eigenvalue weighted by Crippen LogP contribution is -2.20. The summed E-state index contributed by atoms with van der Waals surface area (Å²) in [5.41, 5.74) is 6.42. The molecule has 1 heterocycles. The van der Waals surface area contributed by atoms with E-state index in [9.17, 15) is 0 Å². The second-order valence-corrected chi connectivity index (χ2v) is 5.22. The summed E-state index contributed by atoms with van der Waals surface area (Å²) >= 11 is 0. The predicted octanol–water partition coefficient (Wildman–Crippen LogP) is 3.51. The first-order valence-corrected chi connectivity index (χ1v) is 6.76. The average Bonchev–Trinajstić information content (AvgIpc) is 2.40. The summed E-state index contributed by atoms with van der Waals surface area (Å²) < 4.78 is 0. The van der Waals surface area contributed by atoms with E-state index in [1.807, 2.05) is 19.3 Å². The zero-order valence-electron chi connectivity index (χ0n) is 12.2. The number of pyridine rings is 1. The highest BCUT2D eigenvalue weighted by atomic mass is 14.9. The van der Waals surface area contributed by atoms with Crippen molar-refractivity contribution in [3.63, 3.8) is 0 Å². The van der Waals surface area contributed by atoms with Gasteiger partial charge in [-0.1, -0.05) is 18.2 Å². The lowest BCUT2D eigenvalue weighted by Gasteiger charge is -2.17. The highest BCUT2D eigenvalue weighted by molar-refractivity contribution is 5.31. The standard InChI is InChI=1S/C17H22N2/c1-12-7-8-19-17(9-12)16(18-4)11-15-6-5-13(2)14(3)10-15/h5-10,16,18H,11H2,1-4H3. The van der Waals surface area contributed by atoms with Gasteiger partial charge in [-0.2, -0.15) is 0 Å². The summed E-state index contributed by atoms with van der Waals surface area (Å²) in [5, 5.41) is 3.37. The third kappa shape index (κ3) is 3.42. The quantitative estimate of drug-likeness (QED) is 0.903. The van der Waals surface area contributed by atoms with Crippen molar-refractivity contribution in [1.82, 2.24) is 10.3 Å². The Balaban J connectivity index is 2.21. The van der Waals surface area contributed by atoms with Crippen LogP contribution >= 0.6 is 0 Å². The van der Waals surface area contributed by atoms with Crippen molar-refractivity contribution in [3.8, 4) is 0 Å². The predicted molar refractivity (Wildman–Crippen MR) is 80.4 cm³/mol. The van der Waals surface area contributed by atoms with Gasteiger partial charge in [0.05, 0.1) is 11.7 Å². The van der Waals surface area contributed by atoms with Gasteiger partial charge in [0.2, 0.25) is 0 Å². The number of aryl methyl sites for hydroxylation is 3. The minimum atomic E-state index is 0.266. The van der Waals surface area contributed by atoms with E-state index in [0.29, 0.717) is 0 Å². The number of aromatic nitrogens is 1. The SMILES string of the molecule is CNC(Cc1ccc(C)c(C)c1)c1cc(C)ccn1. The molecule has 0 aliphatic rings. The number of hydrogen-bond donors (Lipinski definition) is 1. The van der Waals surface area contributed by atoms with E-state index in [-0.39, 0.29) is 6.04 Å². The van der Waals surface area contributed by atoms with Crippen LogP contribution in [0.1, 0.15) is 34.0 Å². The van der Waals surface area contributed by atoms with Gasteiger partial charge >= 0.3 is 0 Å². The number of benzene rings is 1. The van der Waals surface area contributed by atoms with Gasteiger partial charge in [-0.25, -0.2) is 0 Å². The van der Waals surface area contributed by atoms with Crippen molar-refractivity contribution in [2.45, 2.75) is 33.2 Å². The summed E-state index contributed by atoms with van der Waals surface area (Å²) in [6.45, 7) is 6.42. The molecule has 0 aliphatic heterocycles. The van der Waals surface area contributed by atoms with Gasteiger partial charge < -0.3 is 5.32 Å². The fourth-order valence-electron chi connectivity index (χ4n) is 2.27. The number of nitrogens with zero attached hydrogens (tertiary/aromatic N) is 1. The molecule has 0 saturated heterocycles. The van der Waals surface area contributed by atoms with Crippen molar-refractivity contribution in [2.75, 3.05) is 7.05 Å². The highest BCUT2D eigenvalue weighted by Crippen LogP contribution is 2.19. The second kappa shape index (κ2) is 5.98. The van der Waals surface area contributed by atoms with Crippen LogP contribution in [0.25, 0.3) is 0 Å². The molecule has 2 nitrogen and oxygen atoms in total. The van der Waals surface area contributed by atoms with Crippen LogP contribution in [0.3, 0.4) is 0 Å². The maximum atomic E-state index is 4.48. The first-order chi connectivity index (χ1) is 9.10. The summed E-state index contributed by atoms with van der Waals surface area (Å²) in [5.74, 6) is 0. The fourth-order valence-corrected chi connectivity index (χ4v) is 2.27. The van der Waals surface area contributed by atoms with Crippen LogP contribution in [-0.4, -0.2) is 12.0 Å². The van der Waals surface area contributed by atoms with Crippen molar-refractivity contribution >= 4 is 0 Å². The first kappa shape index (κ1) is 13.8. The first-order valence-electron chi connectivity index (χ1n) is 6.76. The van der Waals surface area contributed by atoms with Gasteiger partial charge in [-0.3, -0.25) is 4.98 Å². The molecule has 1 aromatic heterocycles. The molecule has 2 aromatic rings. The van der Waals surface area contributed by atoms with E-state index in [1.165, 1.54) is 22.3 Å². The minimum absolute atomic E-state index is 0.266. The smallest absolute Gasteiger partial charge is 0.0579 e. The van der Waals surface area contributed by atoms with Crippen LogP contribution in [0, 0.1) is 20.8 Å². The fraction of sp³-hybridized carbons (Fsp3) is 0.353. The average molecular weight is 254 g/mol. The van der Waals surface area contributed by atoms with Crippen molar-refractivity contribution in [1.29, 1.82) is 0 Å². The van der Waals surface area contributed by atoms with Crippen molar-refractivity contribution in [3.05, 3.63) is 64.5 Å². The third-order valence-electron chi connectivity index (χ3n) is 3.65. The summed E-state index contributed by atoms with van der Waals surface area (Å²) in [7, 11) is 2.00. The number of hydrogen-bond acceptors (Lipinski definition) is 2. The molecular weight excluding hydrogens is 232 g/mol. The Hall–Kier alpha value is -1.67. The minimum Gasteiger partial charge on any atom is -0.311 e. The lowest BCUT2D eigenvalue weighted by molar-refractivity contribution is 0.575. The molecule has 0 saturated carbocycles. The Morgan fingerprint density at radius 2 is 1.84 bits per heavy atom. The van der Waals surface area contributed by atoms with Gasteiger partial charge in [0.25, 0.3) is 0 Å². The van der Waals surface area contributed by atoms with E-state index < -0.39 is 0 Å². The Labute approximate surface area is 115 Å². The molecule has 0 radical (unpaired) electrons. The van der Waals surface area contributed by atoms with Crippen LogP contribution in [-0.2, 0) is 6.42 Å². The van der Waals surface area contributed by atoms with E-state index >= 15 is 0 Å². The van der Waals surface area contributed by atoms with Crippen molar-refractivity contribution < 1.29 is 0 Å². The highest BCUT2D eigenvalue weighted by Gasteiger charge is 2.12. The van der Waals surface area contributed by atoms with Crippen LogP contribution < -0.4 is 5.32 Å². The zero-order chi connectivity index (χ0) is 13.8. The molecule has 1 N–H and O–H groups in total. The maximum Gasteiger partial charge on any atom is 0.0579 e. The van der Waals surface area contributed by atoms with E-state index in [0.717, 1.165) is 12.1 Å². The van der Waals surface area contributed by atoms with Crippen LogP contribution in [0.15, 0.2) is 36.5 Å². The monoisotopic (exact) mass is 254 g/mol. The molecule has 1 atom stereocenters. The van der Waals surface area contributed by atoms with Crippen LogP contribution in [0.5, 0.6) is 0 Å². The van der Waals surface area contributed by atoms with Gasteiger partial charge in [0, 0.05) is 6.20 Å². The molecule has 100 valence electrons. The molecule has 1 aromatic carbocycles. The van der Waals surface area contributed by atoms with E-state index in [1.54, 1.807) is 0 Å². The lowest BCUT2D eigenvalue weighted by atomic mass is 9.98. The molecule has 0 amide bonds. The number of likely N-dealkylation sites (N-methyl/N-ethyl adjacent to an activating group) is 1. The number of nitrogens with one attached hydrogen (secondary N) is 1. The maximum absolute atomic E-state index is 4.48. The van der Waals surface area contributed by atoms with Gasteiger partial charge in [0.15, 0.2) is 0 Å².